The van der Waals surface area contributed by atoms with Gasteiger partial charge in [-0.2, -0.15) is 0 Å². The van der Waals surface area contributed by atoms with Crippen LogP contribution >= 0.6 is 0 Å². The van der Waals surface area contributed by atoms with Crippen molar-refractivity contribution in [2.75, 3.05) is 26.2 Å². The number of benzene rings is 2. The predicted molar refractivity (Wildman–Crippen MR) is 129 cm³/mol. The highest BCUT2D eigenvalue weighted by atomic mass is 32.2. The molecule has 0 saturated carbocycles. The summed E-state index contributed by atoms with van der Waals surface area (Å²) in [6, 6.07) is 20.0. The van der Waals surface area contributed by atoms with Gasteiger partial charge in [-0.1, -0.05) is 42.5 Å². The lowest BCUT2D eigenvalue weighted by molar-refractivity contribution is 0.0597. The molecule has 7 nitrogen and oxygen atoms in total. The van der Waals surface area contributed by atoms with E-state index in [1.807, 2.05) is 12.1 Å². The Labute approximate surface area is 198 Å². The van der Waals surface area contributed by atoms with Crippen LogP contribution in [0.5, 0.6) is 0 Å². The van der Waals surface area contributed by atoms with E-state index in [4.69, 9.17) is 4.42 Å². The second-order valence-corrected chi connectivity index (χ2v) is 10.4. The van der Waals surface area contributed by atoms with Gasteiger partial charge in [0, 0.05) is 49.9 Å². The van der Waals surface area contributed by atoms with Gasteiger partial charge in [0.2, 0.25) is 0 Å². The number of nitrogens with zero attached hydrogens (tertiary/aromatic N) is 3. The molecule has 174 valence electrons. The van der Waals surface area contributed by atoms with Crippen LogP contribution in [0, 0.1) is 0 Å². The van der Waals surface area contributed by atoms with Crippen molar-refractivity contribution >= 4 is 26.6 Å². The Hall–Kier alpha value is -3.49. The van der Waals surface area contributed by atoms with Gasteiger partial charge in [0.1, 0.15) is 0 Å². The maximum atomic E-state index is 13.2. The summed E-state index contributed by atoms with van der Waals surface area (Å²) in [4.78, 5) is 21.9. The van der Waals surface area contributed by atoms with Crippen LogP contribution in [0.1, 0.15) is 21.7 Å². The Morgan fingerprint density at radius 2 is 1.65 bits per heavy atom. The summed E-state index contributed by atoms with van der Waals surface area (Å²) in [7, 11) is -3.58. The van der Waals surface area contributed by atoms with Gasteiger partial charge >= 0.3 is 0 Å². The highest BCUT2D eigenvalue weighted by Crippen LogP contribution is 2.23. The van der Waals surface area contributed by atoms with Crippen molar-refractivity contribution in [3.63, 3.8) is 0 Å². The van der Waals surface area contributed by atoms with E-state index < -0.39 is 9.84 Å². The molecule has 1 amide bonds. The summed E-state index contributed by atoms with van der Waals surface area (Å²) in [5.74, 6) is -0.441. The molecule has 0 N–H and O–H groups in total. The van der Waals surface area contributed by atoms with Crippen molar-refractivity contribution in [3.8, 4) is 0 Å². The van der Waals surface area contributed by atoms with Crippen LogP contribution in [0.2, 0.25) is 0 Å². The number of amides is 1. The Morgan fingerprint density at radius 3 is 2.44 bits per heavy atom. The Morgan fingerprint density at radius 1 is 0.882 bits per heavy atom. The second-order valence-electron chi connectivity index (χ2n) is 8.41. The van der Waals surface area contributed by atoms with Gasteiger partial charge in [0.15, 0.2) is 15.6 Å². The summed E-state index contributed by atoms with van der Waals surface area (Å²) >= 11 is 0. The van der Waals surface area contributed by atoms with E-state index in [0.717, 1.165) is 23.0 Å². The summed E-state index contributed by atoms with van der Waals surface area (Å²) in [6.45, 7) is 3.28. The summed E-state index contributed by atoms with van der Waals surface area (Å²) in [5.41, 5.74) is 2.55. The molecule has 4 aromatic rings. The zero-order valence-corrected chi connectivity index (χ0v) is 19.4. The molecule has 8 heteroatoms. The molecule has 1 fully saturated rings. The number of hydrogen-bond acceptors (Lipinski definition) is 6. The molecule has 1 aliphatic heterocycles. The van der Waals surface area contributed by atoms with Crippen molar-refractivity contribution in [1.29, 1.82) is 0 Å². The standard InChI is InChI=1S/C26H25N3O4S/c30-26(25-22(11-17-33-25)19-34(31,32)23-9-2-1-3-10-23)29-15-13-28(14-16-29)18-21-7-4-6-20-8-5-12-27-24(20)21/h1-12,17H,13-16,18-19H2. The maximum absolute atomic E-state index is 13.2. The van der Waals surface area contributed by atoms with Crippen LogP contribution in [0.25, 0.3) is 10.9 Å². The van der Waals surface area contributed by atoms with Crippen molar-refractivity contribution < 1.29 is 17.6 Å². The van der Waals surface area contributed by atoms with Crippen LogP contribution in [0.4, 0.5) is 0 Å². The molecule has 1 aliphatic rings. The number of para-hydroxylation sites is 1. The van der Waals surface area contributed by atoms with Crippen LogP contribution in [0.3, 0.4) is 0 Å². The topological polar surface area (TPSA) is 83.7 Å². The number of rotatable bonds is 6. The first kappa shape index (κ1) is 22.3. The minimum absolute atomic E-state index is 0.103. The molecular formula is C26H25N3O4S. The number of hydrogen-bond donors (Lipinski definition) is 0. The van der Waals surface area contributed by atoms with E-state index in [-0.39, 0.29) is 22.3 Å². The molecule has 0 radical (unpaired) electrons. The van der Waals surface area contributed by atoms with E-state index in [2.05, 4.69) is 28.1 Å². The van der Waals surface area contributed by atoms with E-state index in [1.165, 1.54) is 6.26 Å². The third-order valence-corrected chi connectivity index (χ3v) is 7.84. The monoisotopic (exact) mass is 475 g/mol. The van der Waals surface area contributed by atoms with Crippen LogP contribution in [0.15, 0.2) is 88.5 Å². The van der Waals surface area contributed by atoms with E-state index >= 15 is 0 Å². The first-order valence-electron chi connectivity index (χ1n) is 11.2. The third kappa shape index (κ3) is 4.60. The lowest BCUT2D eigenvalue weighted by Crippen LogP contribution is -2.48. The van der Waals surface area contributed by atoms with Crippen molar-refractivity contribution in [1.82, 2.24) is 14.8 Å². The Kier molecular flexibility index (Phi) is 6.17. The average molecular weight is 476 g/mol. The van der Waals surface area contributed by atoms with E-state index in [1.54, 1.807) is 47.5 Å². The van der Waals surface area contributed by atoms with Gasteiger partial charge in [-0.15, -0.1) is 0 Å². The molecule has 0 aliphatic carbocycles. The van der Waals surface area contributed by atoms with Crippen LogP contribution in [-0.2, 0) is 22.1 Å². The van der Waals surface area contributed by atoms with Gasteiger partial charge in [0.25, 0.3) is 5.91 Å². The van der Waals surface area contributed by atoms with E-state index in [0.29, 0.717) is 31.7 Å². The van der Waals surface area contributed by atoms with Crippen molar-refractivity contribution in [3.05, 3.63) is 96.1 Å². The number of carbonyl (C=O) groups excluding carboxylic acids is 1. The molecule has 5 rings (SSSR count). The second kappa shape index (κ2) is 9.40. The number of pyridine rings is 1. The smallest absolute Gasteiger partial charge is 0.289 e. The van der Waals surface area contributed by atoms with Crippen LogP contribution < -0.4 is 0 Å². The number of furan rings is 1. The van der Waals surface area contributed by atoms with Gasteiger partial charge in [-0.05, 0) is 29.8 Å². The number of sulfone groups is 1. The molecular weight excluding hydrogens is 450 g/mol. The van der Waals surface area contributed by atoms with Gasteiger partial charge < -0.3 is 9.32 Å². The van der Waals surface area contributed by atoms with Gasteiger partial charge in [-0.3, -0.25) is 14.7 Å². The SMILES string of the molecule is O=C(c1occc1CS(=O)(=O)c1ccccc1)N1CCN(Cc2cccc3cccnc23)CC1. The minimum Gasteiger partial charge on any atom is -0.459 e. The predicted octanol–water partition coefficient (Wildman–Crippen LogP) is 3.76. The number of piperazine rings is 1. The molecule has 3 heterocycles. The van der Waals surface area contributed by atoms with Gasteiger partial charge in [-0.25, -0.2) is 8.42 Å². The number of aromatic nitrogens is 1. The summed E-state index contributed by atoms with van der Waals surface area (Å²) in [6.07, 6.45) is 3.19. The average Bonchev–Trinajstić information content (AvgIpc) is 3.32. The van der Waals surface area contributed by atoms with Crippen LogP contribution in [-0.4, -0.2) is 55.3 Å². The highest BCUT2D eigenvalue weighted by Gasteiger charge is 2.28. The molecule has 2 aromatic carbocycles. The van der Waals surface area contributed by atoms with Crippen molar-refractivity contribution in [2.24, 2.45) is 0 Å². The Bertz CT molecular complexity index is 1400. The van der Waals surface area contributed by atoms with E-state index in [9.17, 15) is 13.2 Å². The molecule has 2 aromatic heterocycles. The zero-order valence-electron chi connectivity index (χ0n) is 18.6. The quantitative estimate of drug-likeness (QED) is 0.422. The van der Waals surface area contributed by atoms with Crippen molar-refractivity contribution in [2.45, 2.75) is 17.2 Å². The Balaban J connectivity index is 1.24. The molecule has 0 atom stereocenters. The number of fused-ring (bicyclic) bond motifs is 1. The molecule has 0 bridgehead atoms. The lowest BCUT2D eigenvalue weighted by atomic mass is 10.1. The first-order chi connectivity index (χ1) is 16.5. The molecule has 0 spiro atoms. The molecule has 0 unspecified atom stereocenters. The third-order valence-electron chi connectivity index (χ3n) is 6.16. The molecule has 1 saturated heterocycles. The highest BCUT2D eigenvalue weighted by molar-refractivity contribution is 7.90. The molecule has 34 heavy (non-hydrogen) atoms. The summed E-state index contributed by atoms with van der Waals surface area (Å²) < 4.78 is 31.0. The normalized spacial score (nSPS) is 15.0. The zero-order chi connectivity index (χ0) is 23.5. The fourth-order valence-corrected chi connectivity index (χ4v) is 5.72. The first-order valence-corrected chi connectivity index (χ1v) is 12.8. The lowest BCUT2D eigenvalue weighted by Gasteiger charge is -2.34. The largest absolute Gasteiger partial charge is 0.459 e. The summed E-state index contributed by atoms with van der Waals surface area (Å²) in [5, 5.41) is 1.12. The van der Waals surface area contributed by atoms with Gasteiger partial charge in [0.05, 0.1) is 22.4 Å². The fourth-order valence-electron chi connectivity index (χ4n) is 4.34. The fraction of sp³-hybridized carbons (Fsp3) is 0.231. The minimum atomic E-state index is -3.58. The number of carbonyl (C=O) groups is 1. The maximum Gasteiger partial charge on any atom is 0.289 e.